The van der Waals surface area contributed by atoms with Crippen molar-refractivity contribution in [2.75, 3.05) is 68.0 Å². The Labute approximate surface area is 208 Å². The minimum absolute atomic E-state index is 0.104. The molecule has 3 N–H and O–H groups in total. The van der Waals surface area contributed by atoms with E-state index in [2.05, 4.69) is 25.8 Å². The van der Waals surface area contributed by atoms with Crippen LogP contribution in [0.4, 0.5) is 21.9 Å². The average Bonchev–Trinajstić information content (AvgIpc) is 3.39. The highest BCUT2D eigenvalue weighted by Crippen LogP contribution is 2.28. The molecule has 0 saturated carbocycles. The molecule has 2 saturated heterocycles. The van der Waals surface area contributed by atoms with Gasteiger partial charge in [-0.25, -0.2) is 4.79 Å². The molecule has 0 bridgehead atoms. The lowest BCUT2D eigenvalue weighted by Crippen LogP contribution is -2.38. The van der Waals surface area contributed by atoms with Crippen LogP contribution in [0.1, 0.15) is 40.7 Å². The van der Waals surface area contributed by atoms with Gasteiger partial charge in [0.1, 0.15) is 0 Å². The van der Waals surface area contributed by atoms with E-state index in [9.17, 15) is 9.59 Å². The van der Waals surface area contributed by atoms with Crippen LogP contribution in [0.5, 0.6) is 0 Å². The van der Waals surface area contributed by atoms with Crippen molar-refractivity contribution in [3.05, 3.63) is 53.1 Å². The fourth-order valence-electron chi connectivity index (χ4n) is 4.74. The predicted molar refractivity (Wildman–Crippen MR) is 141 cm³/mol. The minimum Gasteiger partial charge on any atom is -0.379 e. The van der Waals surface area contributed by atoms with Crippen LogP contribution in [-0.2, 0) is 4.74 Å². The van der Waals surface area contributed by atoms with E-state index < -0.39 is 0 Å². The highest BCUT2D eigenvalue weighted by Gasteiger charge is 2.21. The van der Waals surface area contributed by atoms with Gasteiger partial charge >= 0.3 is 6.03 Å². The molecule has 0 spiro atoms. The average molecular weight is 480 g/mol. The van der Waals surface area contributed by atoms with Gasteiger partial charge in [-0.3, -0.25) is 9.69 Å². The molecule has 8 heteroatoms. The number of carbonyl (C=O) groups excluding carboxylic acids is 2. The van der Waals surface area contributed by atoms with Gasteiger partial charge in [-0.1, -0.05) is 18.2 Å². The van der Waals surface area contributed by atoms with Gasteiger partial charge in [-0.2, -0.15) is 0 Å². The second kappa shape index (κ2) is 12.0. The van der Waals surface area contributed by atoms with Crippen LogP contribution in [0.25, 0.3) is 0 Å². The number of urea groups is 1. The van der Waals surface area contributed by atoms with Crippen molar-refractivity contribution in [2.24, 2.45) is 0 Å². The smallest absolute Gasteiger partial charge is 0.323 e. The van der Waals surface area contributed by atoms with Crippen LogP contribution < -0.4 is 20.9 Å². The molecule has 0 radical (unpaired) electrons. The molecule has 35 heavy (non-hydrogen) atoms. The summed E-state index contributed by atoms with van der Waals surface area (Å²) < 4.78 is 5.40. The highest BCUT2D eigenvalue weighted by molar-refractivity contribution is 6.04. The fraction of sp³-hybridized carbons (Fsp3) is 0.481. The molecule has 8 nitrogen and oxygen atoms in total. The maximum absolute atomic E-state index is 13.2. The number of para-hydroxylation sites is 1. The summed E-state index contributed by atoms with van der Waals surface area (Å²) in [5.74, 6) is -0.104. The Bertz CT molecular complexity index is 1010. The van der Waals surface area contributed by atoms with Gasteiger partial charge in [0.05, 0.1) is 18.8 Å². The van der Waals surface area contributed by atoms with Crippen molar-refractivity contribution in [1.82, 2.24) is 10.2 Å². The molecule has 2 aliphatic rings. The number of hydrogen-bond acceptors (Lipinski definition) is 5. The summed E-state index contributed by atoms with van der Waals surface area (Å²) in [6.45, 7) is 10.8. The van der Waals surface area contributed by atoms with E-state index in [1.807, 2.05) is 44.2 Å². The third-order valence-electron chi connectivity index (χ3n) is 6.71. The lowest BCUT2D eigenvalue weighted by Gasteiger charge is -2.26. The van der Waals surface area contributed by atoms with Crippen LogP contribution in [-0.4, -0.2) is 69.3 Å². The van der Waals surface area contributed by atoms with Crippen LogP contribution in [0.2, 0.25) is 0 Å². The monoisotopic (exact) mass is 479 g/mol. The summed E-state index contributed by atoms with van der Waals surface area (Å²) in [5.41, 5.74) is 4.92. The number of carbonyl (C=O) groups is 2. The Kier molecular flexibility index (Phi) is 8.60. The number of amides is 3. The molecular formula is C27H37N5O3. The molecule has 4 rings (SSSR count). The van der Waals surface area contributed by atoms with Gasteiger partial charge in [0.2, 0.25) is 0 Å². The molecule has 2 aliphatic heterocycles. The summed E-state index contributed by atoms with van der Waals surface area (Å²) in [6, 6.07) is 11.2. The van der Waals surface area contributed by atoms with Gasteiger partial charge in [-0.15, -0.1) is 0 Å². The first-order chi connectivity index (χ1) is 17.0. The highest BCUT2D eigenvalue weighted by atomic mass is 16.5. The number of nitrogens with zero attached hydrogens (tertiary/aromatic N) is 2. The number of anilines is 3. The maximum Gasteiger partial charge on any atom is 0.323 e. The molecule has 2 aromatic rings. The third kappa shape index (κ3) is 6.74. The number of aryl methyl sites for hydroxylation is 2. The van der Waals surface area contributed by atoms with Crippen LogP contribution in [0.3, 0.4) is 0 Å². The SMILES string of the molecule is Cc1cccc(C)c1NC(=O)Nc1ccc(N2CCCC2)c(C(=O)NCCCN2CCOCC2)c1. The lowest BCUT2D eigenvalue weighted by molar-refractivity contribution is 0.0374. The molecule has 2 aromatic carbocycles. The van der Waals surface area contributed by atoms with E-state index in [1.165, 1.54) is 0 Å². The van der Waals surface area contributed by atoms with Crippen molar-refractivity contribution < 1.29 is 14.3 Å². The molecule has 0 aliphatic carbocycles. The first kappa shape index (κ1) is 25.0. The molecule has 2 heterocycles. The maximum atomic E-state index is 13.2. The zero-order valence-electron chi connectivity index (χ0n) is 20.9. The van der Waals surface area contributed by atoms with Crippen LogP contribution >= 0.6 is 0 Å². The molecule has 0 atom stereocenters. The first-order valence-electron chi connectivity index (χ1n) is 12.6. The summed E-state index contributed by atoms with van der Waals surface area (Å²) in [4.78, 5) is 30.5. The second-order valence-electron chi connectivity index (χ2n) is 9.34. The molecular weight excluding hydrogens is 442 g/mol. The Hall–Kier alpha value is -3.10. The van der Waals surface area contributed by atoms with Gasteiger partial charge < -0.3 is 25.6 Å². The van der Waals surface area contributed by atoms with E-state index in [-0.39, 0.29) is 11.9 Å². The largest absolute Gasteiger partial charge is 0.379 e. The standard InChI is InChI=1S/C27H37N5O3/c1-20-7-5-8-21(2)25(20)30-27(34)29-22-9-10-24(32-13-3-4-14-32)23(19-22)26(33)28-11-6-12-31-15-17-35-18-16-31/h5,7-10,19H,3-4,6,11-18H2,1-2H3,(H,28,33)(H2,29,30,34). The van der Waals surface area contributed by atoms with Crippen molar-refractivity contribution in [1.29, 1.82) is 0 Å². The molecule has 0 unspecified atom stereocenters. The van der Waals surface area contributed by atoms with E-state index in [1.54, 1.807) is 6.07 Å². The molecule has 0 aromatic heterocycles. The summed E-state index contributed by atoms with van der Waals surface area (Å²) in [6.07, 6.45) is 3.14. The second-order valence-corrected chi connectivity index (χ2v) is 9.34. The summed E-state index contributed by atoms with van der Waals surface area (Å²) >= 11 is 0. The van der Waals surface area contributed by atoms with E-state index in [0.717, 1.165) is 87.7 Å². The van der Waals surface area contributed by atoms with Crippen molar-refractivity contribution in [3.63, 3.8) is 0 Å². The van der Waals surface area contributed by atoms with E-state index in [0.29, 0.717) is 17.8 Å². The van der Waals surface area contributed by atoms with Gasteiger partial charge in [0, 0.05) is 49.8 Å². The van der Waals surface area contributed by atoms with E-state index >= 15 is 0 Å². The number of rotatable bonds is 8. The van der Waals surface area contributed by atoms with Gasteiger partial charge in [0.15, 0.2) is 0 Å². The number of benzene rings is 2. The van der Waals surface area contributed by atoms with Crippen LogP contribution in [0.15, 0.2) is 36.4 Å². The molecule has 3 amide bonds. The number of hydrogen-bond donors (Lipinski definition) is 3. The first-order valence-corrected chi connectivity index (χ1v) is 12.6. The topological polar surface area (TPSA) is 85.9 Å². The normalized spacial score (nSPS) is 16.2. The van der Waals surface area contributed by atoms with Crippen LogP contribution in [0, 0.1) is 13.8 Å². The number of nitrogens with one attached hydrogen (secondary N) is 3. The molecule has 2 fully saturated rings. The Morgan fingerprint density at radius 1 is 0.943 bits per heavy atom. The van der Waals surface area contributed by atoms with Gasteiger partial charge in [-0.05, 0) is 69.0 Å². The Balaban J connectivity index is 1.41. The third-order valence-corrected chi connectivity index (χ3v) is 6.71. The zero-order chi connectivity index (χ0) is 24.6. The Morgan fingerprint density at radius 3 is 2.37 bits per heavy atom. The lowest BCUT2D eigenvalue weighted by atomic mass is 10.1. The summed E-state index contributed by atoms with van der Waals surface area (Å²) in [5, 5.41) is 8.93. The van der Waals surface area contributed by atoms with Crippen molar-refractivity contribution in [2.45, 2.75) is 33.1 Å². The van der Waals surface area contributed by atoms with E-state index in [4.69, 9.17) is 4.74 Å². The van der Waals surface area contributed by atoms with Crippen molar-refractivity contribution >= 4 is 29.0 Å². The number of morpholine rings is 1. The minimum atomic E-state index is -0.326. The van der Waals surface area contributed by atoms with Gasteiger partial charge in [0.25, 0.3) is 5.91 Å². The van der Waals surface area contributed by atoms with Crippen molar-refractivity contribution in [3.8, 4) is 0 Å². The number of ether oxygens (including phenoxy) is 1. The quantitative estimate of drug-likeness (QED) is 0.499. The fourth-order valence-corrected chi connectivity index (χ4v) is 4.74. The molecule has 188 valence electrons. The Morgan fingerprint density at radius 2 is 1.66 bits per heavy atom. The predicted octanol–water partition coefficient (Wildman–Crippen LogP) is 4.00. The zero-order valence-corrected chi connectivity index (χ0v) is 20.9. The summed E-state index contributed by atoms with van der Waals surface area (Å²) in [7, 11) is 0.